The third-order valence-electron chi connectivity index (χ3n) is 3.05. The van der Waals surface area contributed by atoms with Gasteiger partial charge >= 0.3 is 6.03 Å². The highest BCUT2D eigenvalue weighted by Gasteiger charge is 2.23. The van der Waals surface area contributed by atoms with Gasteiger partial charge in [-0.2, -0.15) is 0 Å². The van der Waals surface area contributed by atoms with E-state index in [-0.39, 0.29) is 18.3 Å². The fourth-order valence-corrected chi connectivity index (χ4v) is 2.61. The summed E-state index contributed by atoms with van der Waals surface area (Å²) in [6, 6.07) is -0.0554. The number of sulfone groups is 1. The Balaban J connectivity index is 2.45. The second-order valence-corrected chi connectivity index (χ2v) is 7.29. The van der Waals surface area contributed by atoms with E-state index < -0.39 is 9.84 Å². The standard InChI is InChI=1S/C11H22N2O3S/c1-10-5-4-6-13(9-10)11(14)12(2)7-8-17(3,15)16/h10H,4-9H2,1-3H3. The summed E-state index contributed by atoms with van der Waals surface area (Å²) in [5, 5.41) is 0. The largest absolute Gasteiger partial charge is 0.327 e. The Morgan fingerprint density at radius 3 is 2.65 bits per heavy atom. The molecule has 1 heterocycles. The Labute approximate surface area is 104 Å². The van der Waals surface area contributed by atoms with Gasteiger partial charge in [-0.05, 0) is 18.8 Å². The molecule has 1 aliphatic heterocycles. The lowest BCUT2D eigenvalue weighted by molar-refractivity contribution is 0.141. The van der Waals surface area contributed by atoms with Crippen molar-refractivity contribution in [1.29, 1.82) is 0 Å². The fourth-order valence-electron chi connectivity index (χ4n) is 2.00. The molecule has 0 aliphatic carbocycles. The molecule has 100 valence electrons. The van der Waals surface area contributed by atoms with E-state index >= 15 is 0 Å². The maximum absolute atomic E-state index is 12.0. The molecule has 1 rings (SSSR count). The summed E-state index contributed by atoms with van der Waals surface area (Å²) < 4.78 is 22.1. The molecule has 0 N–H and O–H groups in total. The van der Waals surface area contributed by atoms with E-state index in [0.717, 1.165) is 25.9 Å². The van der Waals surface area contributed by atoms with Crippen LogP contribution in [0.25, 0.3) is 0 Å². The maximum Gasteiger partial charge on any atom is 0.319 e. The number of hydrogen-bond donors (Lipinski definition) is 0. The Morgan fingerprint density at radius 2 is 2.12 bits per heavy atom. The van der Waals surface area contributed by atoms with Crippen LogP contribution in [0.1, 0.15) is 19.8 Å². The lowest BCUT2D eigenvalue weighted by Crippen LogP contribution is -2.46. The van der Waals surface area contributed by atoms with E-state index in [9.17, 15) is 13.2 Å². The molecular formula is C11H22N2O3S. The monoisotopic (exact) mass is 262 g/mol. The van der Waals surface area contributed by atoms with Crippen LogP contribution in [-0.4, -0.2) is 62.9 Å². The van der Waals surface area contributed by atoms with Crippen molar-refractivity contribution in [2.24, 2.45) is 5.92 Å². The van der Waals surface area contributed by atoms with Crippen molar-refractivity contribution < 1.29 is 13.2 Å². The van der Waals surface area contributed by atoms with Gasteiger partial charge in [0.05, 0.1) is 5.75 Å². The Kier molecular flexibility index (Phi) is 4.80. The first-order chi connectivity index (χ1) is 7.79. The second-order valence-electron chi connectivity index (χ2n) is 5.03. The second kappa shape index (κ2) is 5.71. The van der Waals surface area contributed by atoms with E-state index in [1.165, 1.54) is 11.2 Å². The number of nitrogens with zero attached hydrogens (tertiary/aromatic N) is 2. The third kappa shape index (κ3) is 4.93. The zero-order chi connectivity index (χ0) is 13.1. The normalized spacial score (nSPS) is 21.4. The molecule has 0 aromatic carbocycles. The molecular weight excluding hydrogens is 240 g/mol. The number of amides is 2. The average Bonchev–Trinajstić information content (AvgIpc) is 2.24. The number of carbonyl (C=O) groups is 1. The molecule has 0 aromatic rings. The van der Waals surface area contributed by atoms with Crippen LogP contribution in [0, 0.1) is 5.92 Å². The first-order valence-corrected chi connectivity index (χ1v) is 8.03. The quantitative estimate of drug-likeness (QED) is 0.756. The van der Waals surface area contributed by atoms with Gasteiger partial charge in [0, 0.05) is 32.9 Å². The van der Waals surface area contributed by atoms with Gasteiger partial charge in [0.15, 0.2) is 0 Å². The summed E-state index contributed by atoms with van der Waals surface area (Å²) in [4.78, 5) is 15.3. The van der Waals surface area contributed by atoms with E-state index in [1.807, 2.05) is 4.90 Å². The van der Waals surface area contributed by atoms with Crippen LogP contribution < -0.4 is 0 Å². The summed E-state index contributed by atoms with van der Waals surface area (Å²) in [5.74, 6) is 0.564. The minimum Gasteiger partial charge on any atom is -0.327 e. The van der Waals surface area contributed by atoms with Gasteiger partial charge in [0.1, 0.15) is 9.84 Å². The van der Waals surface area contributed by atoms with Crippen LogP contribution >= 0.6 is 0 Å². The van der Waals surface area contributed by atoms with Crippen molar-refractivity contribution in [3.8, 4) is 0 Å². The first-order valence-electron chi connectivity index (χ1n) is 5.97. The topological polar surface area (TPSA) is 57.7 Å². The van der Waals surface area contributed by atoms with Gasteiger partial charge in [0.25, 0.3) is 0 Å². The molecule has 1 unspecified atom stereocenters. The molecule has 0 spiro atoms. The van der Waals surface area contributed by atoms with E-state index in [0.29, 0.717) is 5.92 Å². The highest BCUT2D eigenvalue weighted by atomic mass is 32.2. The molecule has 0 radical (unpaired) electrons. The van der Waals surface area contributed by atoms with Crippen molar-refractivity contribution in [2.45, 2.75) is 19.8 Å². The van der Waals surface area contributed by atoms with Gasteiger partial charge in [-0.1, -0.05) is 6.92 Å². The summed E-state index contributed by atoms with van der Waals surface area (Å²) >= 11 is 0. The molecule has 1 saturated heterocycles. The zero-order valence-electron chi connectivity index (χ0n) is 10.8. The number of piperidine rings is 1. The summed E-state index contributed by atoms with van der Waals surface area (Å²) in [5.41, 5.74) is 0. The van der Waals surface area contributed by atoms with Crippen LogP contribution in [0.2, 0.25) is 0 Å². The van der Waals surface area contributed by atoms with Gasteiger partial charge < -0.3 is 9.80 Å². The Hall–Kier alpha value is -0.780. The minimum atomic E-state index is -3.01. The highest BCUT2D eigenvalue weighted by molar-refractivity contribution is 7.90. The minimum absolute atomic E-state index is 0.0264. The van der Waals surface area contributed by atoms with Crippen LogP contribution in [0.5, 0.6) is 0 Å². The number of urea groups is 1. The molecule has 0 bridgehead atoms. The Morgan fingerprint density at radius 1 is 1.47 bits per heavy atom. The molecule has 2 amide bonds. The first kappa shape index (κ1) is 14.3. The van der Waals surface area contributed by atoms with Gasteiger partial charge in [-0.15, -0.1) is 0 Å². The smallest absolute Gasteiger partial charge is 0.319 e. The van der Waals surface area contributed by atoms with Crippen LogP contribution in [0.15, 0.2) is 0 Å². The van der Waals surface area contributed by atoms with Crippen LogP contribution in [-0.2, 0) is 9.84 Å². The number of rotatable bonds is 3. The van der Waals surface area contributed by atoms with E-state index in [2.05, 4.69) is 6.92 Å². The molecule has 17 heavy (non-hydrogen) atoms. The predicted octanol–water partition coefficient (Wildman–Crippen LogP) is 0.815. The van der Waals surface area contributed by atoms with Gasteiger partial charge in [-0.25, -0.2) is 13.2 Å². The number of hydrogen-bond acceptors (Lipinski definition) is 3. The van der Waals surface area contributed by atoms with Crippen molar-refractivity contribution in [3.63, 3.8) is 0 Å². The van der Waals surface area contributed by atoms with Crippen molar-refractivity contribution in [2.75, 3.05) is 38.7 Å². The molecule has 1 fully saturated rings. The SMILES string of the molecule is CC1CCCN(C(=O)N(C)CCS(C)(=O)=O)C1. The maximum atomic E-state index is 12.0. The molecule has 0 saturated carbocycles. The zero-order valence-corrected chi connectivity index (χ0v) is 11.7. The van der Waals surface area contributed by atoms with E-state index in [4.69, 9.17) is 0 Å². The number of carbonyl (C=O) groups excluding carboxylic acids is 1. The molecule has 1 atom stereocenters. The summed E-state index contributed by atoms with van der Waals surface area (Å²) in [6.45, 7) is 3.97. The summed E-state index contributed by atoms with van der Waals surface area (Å²) in [7, 11) is -1.35. The fraction of sp³-hybridized carbons (Fsp3) is 0.909. The van der Waals surface area contributed by atoms with Crippen molar-refractivity contribution >= 4 is 15.9 Å². The van der Waals surface area contributed by atoms with Crippen LogP contribution in [0.3, 0.4) is 0 Å². The van der Waals surface area contributed by atoms with E-state index in [1.54, 1.807) is 7.05 Å². The molecule has 5 nitrogen and oxygen atoms in total. The highest BCUT2D eigenvalue weighted by Crippen LogP contribution is 2.16. The lowest BCUT2D eigenvalue weighted by atomic mass is 10.0. The Bertz CT molecular complexity index is 367. The molecule has 1 aliphatic rings. The van der Waals surface area contributed by atoms with Crippen LogP contribution in [0.4, 0.5) is 4.79 Å². The molecule has 6 heteroatoms. The third-order valence-corrected chi connectivity index (χ3v) is 3.98. The average molecular weight is 262 g/mol. The summed E-state index contributed by atoms with van der Waals surface area (Å²) in [6.07, 6.45) is 3.39. The van der Waals surface area contributed by atoms with Gasteiger partial charge in [-0.3, -0.25) is 0 Å². The number of likely N-dealkylation sites (tertiary alicyclic amines) is 1. The van der Waals surface area contributed by atoms with Crippen molar-refractivity contribution in [1.82, 2.24) is 9.80 Å². The lowest BCUT2D eigenvalue weighted by Gasteiger charge is -2.33. The van der Waals surface area contributed by atoms with Gasteiger partial charge in [0.2, 0.25) is 0 Å². The predicted molar refractivity (Wildman–Crippen MR) is 67.7 cm³/mol. The van der Waals surface area contributed by atoms with Crippen molar-refractivity contribution in [3.05, 3.63) is 0 Å². The molecule has 0 aromatic heterocycles.